The minimum Gasteiger partial charge on any atom is -0.292 e. The zero-order valence-electron chi connectivity index (χ0n) is 15.0. The largest absolute Gasteiger partial charge is 0.292 e. The molecule has 0 fully saturated rings. The minimum atomic E-state index is -0.323. The van der Waals surface area contributed by atoms with Crippen LogP contribution in [0.3, 0.4) is 0 Å². The third-order valence-corrected chi connectivity index (χ3v) is 4.53. The van der Waals surface area contributed by atoms with Gasteiger partial charge in [0.25, 0.3) is 5.56 Å². The van der Waals surface area contributed by atoms with Crippen LogP contribution in [-0.4, -0.2) is 19.3 Å². The second-order valence-corrected chi connectivity index (χ2v) is 6.38. The molecule has 0 saturated carbocycles. The van der Waals surface area contributed by atoms with Crippen molar-refractivity contribution in [3.05, 3.63) is 77.0 Å². The minimum absolute atomic E-state index is 0.130. The van der Waals surface area contributed by atoms with Crippen LogP contribution in [0, 0.1) is 5.82 Å². The van der Waals surface area contributed by atoms with Crippen LogP contribution in [0.2, 0.25) is 0 Å². The molecule has 5 nitrogen and oxygen atoms in total. The zero-order chi connectivity index (χ0) is 18.8. The average molecular weight is 362 g/mol. The highest BCUT2D eigenvalue weighted by atomic mass is 19.1. The summed E-state index contributed by atoms with van der Waals surface area (Å²) in [5, 5.41) is 4.85. The van der Waals surface area contributed by atoms with Gasteiger partial charge in [-0.05, 0) is 42.8 Å². The number of unbranched alkanes of at least 4 members (excludes halogenated alkanes) is 1. The Balaban J connectivity index is 1.98. The van der Waals surface area contributed by atoms with Gasteiger partial charge in [-0.1, -0.05) is 31.5 Å². The topological polar surface area (TPSA) is 52.7 Å². The maximum Gasteiger partial charge on any atom is 0.264 e. The molecule has 0 bridgehead atoms. The molecule has 136 valence electrons. The van der Waals surface area contributed by atoms with E-state index in [4.69, 9.17) is 4.98 Å². The molecule has 0 saturated heterocycles. The molecule has 2 aromatic heterocycles. The lowest BCUT2D eigenvalue weighted by atomic mass is 10.2. The summed E-state index contributed by atoms with van der Waals surface area (Å²) in [6.45, 7) is 2.63. The first-order chi connectivity index (χ1) is 13.2. The van der Waals surface area contributed by atoms with Crippen LogP contribution in [0.15, 0.2) is 65.6 Å². The van der Waals surface area contributed by atoms with E-state index in [0.29, 0.717) is 29.0 Å². The second-order valence-electron chi connectivity index (χ2n) is 6.38. The van der Waals surface area contributed by atoms with Crippen molar-refractivity contribution in [2.75, 3.05) is 0 Å². The average Bonchev–Trinajstić information content (AvgIpc) is 3.13. The monoisotopic (exact) mass is 362 g/mol. The van der Waals surface area contributed by atoms with Crippen molar-refractivity contribution in [3.63, 3.8) is 0 Å². The van der Waals surface area contributed by atoms with Gasteiger partial charge in [0, 0.05) is 12.1 Å². The fourth-order valence-electron chi connectivity index (χ4n) is 3.10. The Bertz CT molecular complexity index is 1130. The highest BCUT2D eigenvalue weighted by molar-refractivity contribution is 5.77. The molecule has 0 aliphatic rings. The summed E-state index contributed by atoms with van der Waals surface area (Å²) in [6, 6.07) is 15.6. The molecule has 6 heteroatoms. The summed E-state index contributed by atoms with van der Waals surface area (Å²) in [7, 11) is 0. The number of halogens is 1. The fourth-order valence-corrected chi connectivity index (χ4v) is 3.10. The zero-order valence-corrected chi connectivity index (χ0v) is 15.0. The third-order valence-electron chi connectivity index (χ3n) is 4.53. The molecule has 27 heavy (non-hydrogen) atoms. The van der Waals surface area contributed by atoms with Crippen molar-refractivity contribution in [2.45, 2.75) is 26.3 Å². The highest BCUT2D eigenvalue weighted by Gasteiger charge is 2.17. The predicted octanol–water partition coefficient (Wildman–Crippen LogP) is 4.19. The summed E-state index contributed by atoms with van der Waals surface area (Å²) in [5.74, 6) is 0.204. The van der Waals surface area contributed by atoms with Crippen LogP contribution in [0.5, 0.6) is 0 Å². The van der Waals surface area contributed by atoms with Crippen molar-refractivity contribution < 1.29 is 4.39 Å². The van der Waals surface area contributed by atoms with Gasteiger partial charge in [-0.2, -0.15) is 5.10 Å². The number of hydrogen-bond donors (Lipinski definition) is 0. The van der Waals surface area contributed by atoms with Crippen molar-refractivity contribution >= 4 is 11.0 Å². The van der Waals surface area contributed by atoms with Gasteiger partial charge in [0.05, 0.1) is 11.9 Å². The number of fused-ring (bicyclic) bond motifs is 1. The summed E-state index contributed by atoms with van der Waals surface area (Å²) in [5.41, 5.74) is 1.90. The lowest BCUT2D eigenvalue weighted by Gasteiger charge is -2.13. The molecule has 2 aromatic carbocycles. The maximum atomic E-state index is 13.4. The molecule has 2 heterocycles. The molecule has 0 radical (unpaired) electrons. The molecular weight excluding hydrogens is 343 g/mol. The Labute approximate surface area is 155 Å². The summed E-state index contributed by atoms with van der Waals surface area (Å²) in [4.78, 5) is 17.9. The van der Waals surface area contributed by atoms with Crippen LogP contribution < -0.4 is 5.56 Å². The van der Waals surface area contributed by atoms with Crippen LogP contribution in [0.4, 0.5) is 4.39 Å². The van der Waals surface area contributed by atoms with Crippen molar-refractivity contribution in [1.82, 2.24) is 19.3 Å². The molecule has 0 spiro atoms. The molecule has 0 amide bonds. The predicted molar refractivity (Wildman–Crippen MR) is 103 cm³/mol. The van der Waals surface area contributed by atoms with Gasteiger partial charge in [-0.25, -0.2) is 14.1 Å². The third kappa shape index (κ3) is 3.14. The van der Waals surface area contributed by atoms with E-state index in [2.05, 4.69) is 12.0 Å². The van der Waals surface area contributed by atoms with E-state index in [1.54, 1.807) is 27.6 Å². The molecule has 0 unspecified atom stereocenters. The molecule has 0 atom stereocenters. The van der Waals surface area contributed by atoms with E-state index in [0.717, 1.165) is 18.5 Å². The first-order valence-electron chi connectivity index (χ1n) is 8.99. The van der Waals surface area contributed by atoms with Gasteiger partial charge in [0.2, 0.25) is 0 Å². The van der Waals surface area contributed by atoms with E-state index < -0.39 is 0 Å². The SMILES string of the molecule is CCCCn1c(-c2ccc(F)cc2)nc2c(cnn2-c2ccccc2)c1=O. The number of hydrogen-bond acceptors (Lipinski definition) is 3. The van der Waals surface area contributed by atoms with Crippen LogP contribution in [-0.2, 0) is 6.54 Å². The first-order valence-corrected chi connectivity index (χ1v) is 8.99. The van der Waals surface area contributed by atoms with Gasteiger partial charge in [0.15, 0.2) is 5.65 Å². The molecule has 0 aliphatic carbocycles. The molecular formula is C21H19FN4O. The van der Waals surface area contributed by atoms with Gasteiger partial charge < -0.3 is 0 Å². The Hall–Kier alpha value is -3.28. The van der Waals surface area contributed by atoms with Gasteiger partial charge >= 0.3 is 0 Å². The van der Waals surface area contributed by atoms with Gasteiger partial charge in [-0.3, -0.25) is 9.36 Å². The molecule has 4 rings (SSSR count). The normalized spacial score (nSPS) is 11.2. The van der Waals surface area contributed by atoms with Gasteiger partial charge in [-0.15, -0.1) is 0 Å². The highest BCUT2D eigenvalue weighted by Crippen LogP contribution is 2.21. The Morgan fingerprint density at radius 2 is 1.78 bits per heavy atom. The van der Waals surface area contributed by atoms with E-state index >= 15 is 0 Å². The fraction of sp³-hybridized carbons (Fsp3) is 0.190. The summed E-state index contributed by atoms with van der Waals surface area (Å²) in [6.07, 6.45) is 3.37. The van der Waals surface area contributed by atoms with Crippen molar-refractivity contribution in [1.29, 1.82) is 0 Å². The van der Waals surface area contributed by atoms with E-state index in [9.17, 15) is 9.18 Å². The Kier molecular flexibility index (Phi) is 4.54. The summed E-state index contributed by atoms with van der Waals surface area (Å²) >= 11 is 0. The standard InChI is InChI=1S/C21H19FN4O/c1-2-3-13-25-19(15-9-11-16(22)12-10-15)24-20-18(21(25)27)14-23-26(20)17-7-5-4-6-8-17/h4-12,14H,2-3,13H2,1H3. The van der Waals surface area contributed by atoms with Crippen molar-refractivity contribution in [2.24, 2.45) is 0 Å². The first kappa shape index (κ1) is 17.1. The van der Waals surface area contributed by atoms with Crippen molar-refractivity contribution in [3.8, 4) is 17.1 Å². The van der Waals surface area contributed by atoms with E-state index in [1.807, 2.05) is 30.3 Å². The lowest BCUT2D eigenvalue weighted by Crippen LogP contribution is -2.23. The molecule has 0 N–H and O–H groups in total. The Morgan fingerprint density at radius 1 is 1.04 bits per heavy atom. The number of nitrogens with zero attached hydrogens (tertiary/aromatic N) is 4. The Morgan fingerprint density at radius 3 is 2.48 bits per heavy atom. The van der Waals surface area contributed by atoms with E-state index in [1.165, 1.54) is 12.1 Å². The quantitative estimate of drug-likeness (QED) is 0.535. The van der Waals surface area contributed by atoms with Crippen LogP contribution >= 0.6 is 0 Å². The molecule has 4 aromatic rings. The maximum absolute atomic E-state index is 13.4. The number of para-hydroxylation sites is 1. The van der Waals surface area contributed by atoms with Crippen LogP contribution in [0.25, 0.3) is 28.1 Å². The second kappa shape index (κ2) is 7.15. The van der Waals surface area contributed by atoms with Gasteiger partial charge in [0.1, 0.15) is 17.0 Å². The number of benzene rings is 2. The smallest absolute Gasteiger partial charge is 0.264 e. The van der Waals surface area contributed by atoms with Crippen LogP contribution in [0.1, 0.15) is 19.8 Å². The molecule has 0 aliphatic heterocycles. The van der Waals surface area contributed by atoms with E-state index in [-0.39, 0.29) is 11.4 Å². The number of aromatic nitrogens is 4. The number of rotatable bonds is 5. The lowest BCUT2D eigenvalue weighted by molar-refractivity contribution is 0.613. The summed E-state index contributed by atoms with van der Waals surface area (Å²) < 4.78 is 16.7.